The highest BCUT2D eigenvalue weighted by Crippen LogP contribution is 2.34. The molecule has 2 aliphatic rings. The van der Waals surface area contributed by atoms with Gasteiger partial charge >= 0.3 is 5.97 Å². The van der Waals surface area contributed by atoms with Crippen LogP contribution in [0.4, 0.5) is 5.82 Å². The molecule has 1 unspecified atom stereocenters. The Labute approximate surface area is 168 Å². The van der Waals surface area contributed by atoms with Gasteiger partial charge in [0.05, 0.1) is 13.7 Å². The summed E-state index contributed by atoms with van der Waals surface area (Å²) >= 11 is 0. The first kappa shape index (κ1) is 21.1. The Morgan fingerprint density at radius 3 is 2.54 bits per heavy atom. The number of rotatable bonds is 8. The zero-order chi connectivity index (χ0) is 20.3. The van der Waals surface area contributed by atoms with Gasteiger partial charge in [-0.05, 0) is 57.0 Å². The molecule has 1 aromatic rings. The van der Waals surface area contributed by atoms with E-state index < -0.39 is 5.92 Å². The summed E-state index contributed by atoms with van der Waals surface area (Å²) in [5.41, 5.74) is 0. The topological polar surface area (TPSA) is 79.0 Å². The van der Waals surface area contributed by atoms with Crippen molar-refractivity contribution in [2.24, 2.45) is 17.8 Å². The molecule has 3 heterocycles. The maximum Gasteiger partial charge on any atom is 0.316 e. The number of likely N-dealkylation sites (tertiary alicyclic amines) is 1. The lowest BCUT2D eigenvalue weighted by molar-refractivity contribution is -0.144. The number of piperidine rings is 1. The number of esters is 1. The summed E-state index contributed by atoms with van der Waals surface area (Å²) in [6, 6.07) is 2.17. The average molecular weight is 394 g/mol. The van der Waals surface area contributed by atoms with Gasteiger partial charge in [-0.25, -0.2) is 0 Å². The van der Waals surface area contributed by atoms with E-state index in [2.05, 4.69) is 21.9 Å². The normalized spacial score (nSPS) is 21.6. The first-order chi connectivity index (χ1) is 13.4. The lowest BCUT2D eigenvalue weighted by atomic mass is 9.83. The number of methoxy groups -OCH3 is 1. The second-order valence-corrected chi connectivity index (χ2v) is 8.85. The number of hydrogen-bond donors (Lipinski definition) is 1. The predicted molar refractivity (Wildman–Crippen MR) is 107 cm³/mol. The number of aliphatic hydroxyl groups is 1. The third-order valence-corrected chi connectivity index (χ3v) is 6.43. The number of ether oxygens (including phenoxy) is 1. The lowest BCUT2D eigenvalue weighted by Crippen LogP contribution is -2.49. The summed E-state index contributed by atoms with van der Waals surface area (Å²) < 4.78 is 10.4. The first-order valence-electron chi connectivity index (χ1n) is 10.6. The summed E-state index contributed by atoms with van der Waals surface area (Å²) in [5.74, 6) is 2.31. The molecule has 0 spiro atoms. The molecule has 0 radical (unpaired) electrons. The fourth-order valence-electron chi connectivity index (χ4n) is 4.54. The number of anilines is 1. The van der Waals surface area contributed by atoms with E-state index in [1.165, 1.54) is 26.4 Å². The Kier molecular flexibility index (Phi) is 6.99. The van der Waals surface area contributed by atoms with Crippen LogP contribution in [0.5, 0.6) is 0 Å². The minimum atomic E-state index is -0.408. The van der Waals surface area contributed by atoms with E-state index in [0.29, 0.717) is 11.7 Å². The number of aliphatic hydroxyl groups excluding tert-OH is 1. The van der Waals surface area contributed by atoms with E-state index in [-0.39, 0.29) is 24.5 Å². The fraction of sp³-hybridized carbons (Fsp3) is 0.810. The van der Waals surface area contributed by atoms with Crippen molar-refractivity contribution in [3.05, 3.63) is 11.8 Å². The standard InChI is InChI=1S/C21H35N3O4/c1-14(2)20(21(26)27-4)18-10-19(22-28-18)24-11-17(12-24)9-16-5-7-23(8-6-16)15(3)13-25/h10,14-17,20,25H,5-9,11-13H2,1-4H3/t15-,20?/m0/s1. The van der Waals surface area contributed by atoms with E-state index in [1.807, 2.05) is 19.9 Å². The number of hydrogen-bond acceptors (Lipinski definition) is 7. The molecule has 3 rings (SSSR count). The van der Waals surface area contributed by atoms with Gasteiger partial charge in [-0.3, -0.25) is 9.69 Å². The molecule has 158 valence electrons. The van der Waals surface area contributed by atoms with Crippen LogP contribution in [0.15, 0.2) is 10.6 Å². The fourth-order valence-corrected chi connectivity index (χ4v) is 4.54. The molecule has 28 heavy (non-hydrogen) atoms. The van der Waals surface area contributed by atoms with Gasteiger partial charge in [0, 0.05) is 25.2 Å². The summed E-state index contributed by atoms with van der Waals surface area (Å²) in [5, 5.41) is 13.5. The van der Waals surface area contributed by atoms with Crippen molar-refractivity contribution in [2.75, 3.05) is 44.8 Å². The van der Waals surface area contributed by atoms with Crippen LogP contribution in [0.1, 0.15) is 51.7 Å². The van der Waals surface area contributed by atoms with Gasteiger partial charge in [0.2, 0.25) is 0 Å². The van der Waals surface area contributed by atoms with Crippen molar-refractivity contribution >= 4 is 11.8 Å². The Bertz CT molecular complexity index is 633. The monoisotopic (exact) mass is 393 g/mol. The van der Waals surface area contributed by atoms with Crippen molar-refractivity contribution in [2.45, 2.75) is 52.0 Å². The number of carbonyl (C=O) groups excluding carboxylic acids is 1. The number of nitrogens with zero attached hydrogens (tertiary/aromatic N) is 3. The molecule has 0 bridgehead atoms. The second kappa shape index (κ2) is 9.27. The van der Waals surface area contributed by atoms with Gasteiger partial charge in [0.25, 0.3) is 0 Å². The van der Waals surface area contributed by atoms with Gasteiger partial charge < -0.3 is 19.3 Å². The highest BCUT2D eigenvalue weighted by Gasteiger charge is 2.34. The van der Waals surface area contributed by atoms with E-state index in [9.17, 15) is 9.90 Å². The molecule has 0 aromatic carbocycles. The summed E-state index contributed by atoms with van der Waals surface area (Å²) in [6.07, 6.45) is 3.72. The van der Waals surface area contributed by atoms with Gasteiger partial charge in [-0.2, -0.15) is 0 Å². The Morgan fingerprint density at radius 1 is 1.29 bits per heavy atom. The zero-order valence-corrected chi connectivity index (χ0v) is 17.6. The van der Waals surface area contributed by atoms with Crippen LogP contribution in [0.3, 0.4) is 0 Å². The van der Waals surface area contributed by atoms with Crippen LogP contribution in [0.25, 0.3) is 0 Å². The molecule has 2 saturated heterocycles. The molecule has 2 fully saturated rings. The molecule has 2 aliphatic heterocycles. The van der Waals surface area contributed by atoms with Crippen LogP contribution < -0.4 is 4.90 Å². The molecule has 7 nitrogen and oxygen atoms in total. The van der Waals surface area contributed by atoms with Crippen LogP contribution >= 0.6 is 0 Å². The molecule has 0 saturated carbocycles. The molecule has 7 heteroatoms. The van der Waals surface area contributed by atoms with Gasteiger partial charge in [0.1, 0.15) is 5.92 Å². The molecule has 2 atom stereocenters. The quantitative estimate of drug-likeness (QED) is 0.680. The van der Waals surface area contributed by atoms with Crippen molar-refractivity contribution in [1.82, 2.24) is 10.1 Å². The Morgan fingerprint density at radius 2 is 1.96 bits per heavy atom. The summed E-state index contributed by atoms with van der Waals surface area (Å²) in [7, 11) is 1.41. The van der Waals surface area contributed by atoms with Crippen molar-refractivity contribution < 1.29 is 19.2 Å². The largest absolute Gasteiger partial charge is 0.468 e. The molecular formula is C21H35N3O4. The van der Waals surface area contributed by atoms with E-state index in [0.717, 1.165) is 37.9 Å². The van der Waals surface area contributed by atoms with Crippen LogP contribution in [0, 0.1) is 17.8 Å². The smallest absolute Gasteiger partial charge is 0.316 e. The van der Waals surface area contributed by atoms with E-state index in [1.54, 1.807) is 0 Å². The molecular weight excluding hydrogens is 358 g/mol. The first-order valence-corrected chi connectivity index (χ1v) is 10.6. The Hall–Kier alpha value is -1.60. The summed E-state index contributed by atoms with van der Waals surface area (Å²) in [4.78, 5) is 16.7. The van der Waals surface area contributed by atoms with Gasteiger partial charge in [-0.15, -0.1) is 0 Å². The maximum atomic E-state index is 12.0. The van der Waals surface area contributed by atoms with E-state index >= 15 is 0 Å². The summed E-state index contributed by atoms with van der Waals surface area (Å²) in [6.45, 7) is 10.5. The van der Waals surface area contributed by atoms with E-state index in [4.69, 9.17) is 9.26 Å². The SMILES string of the molecule is COC(=O)C(c1cc(N2CC(CC3CCN([C@@H](C)CO)CC3)C2)no1)C(C)C. The Balaban J connectivity index is 1.46. The van der Waals surface area contributed by atoms with Crippen molar-refractivity contribution in [3.8, 4) is 0 Å². The predicted octanol–water partition coefficient (Wildman–Crippen LogP) is 2.51. The third-order valence-electron chi connectivity index (χ3n) is 6.43. The second-order valence-electron chi connectivity index (χ2n) is 8.85. The van der Waals surface area contributed by atoms with Gasteiger partial charge in [0.15, 0.2) is 11.6 Å². The van der Waals surface area contributed by atoms with Crippen LogP contribution in [-0.4, -0.2) is 67.1 Å². The third kappa shape index (κ3) is 4.69. The van der Waals surface area contributed by atoms with Crippen molar-refractivity contribution in [1.29, 1.82) is 0 Å². The van der Waals surface area contributed by atoms with Gasteiger partial charge in [-0.1, -0.05) is 19.0 Å². The molecule has 1 N–H and O–H groups in total. The minimum Gasteiger partial charge on any atom is -0.468 e. The average Bonchev–Trinajstić information content (AvgIpc) is 3.12. The highest BCUT2D eigenvalue weighted by atomic mass is 16.5. The van der Waals surface area contributed by atoms with Crippen LogP contribution in [0.2, 0.25) is 0 Å². The molecule has 0 aliphatic carbocycles. The minimum absolute atomic E-state index is 0.0943. The number of carbonyl (C=O) groups is 1. The highest BCUT2D eigenvalue weighted by molar-refractivity contribution is 5.77. The lowest BCUT2D eigenvalue weighted by Gasteiger charge is -2.42. The van der Waals surface area contributed by atoms with Crippen molar-refractivity contribution in [3.63, 3.8) is 0 Å². The molecule has 0 amide bonds. The number of aromatic nitrogens is 1. The molecule has 1 aromatic heterocycles. The van der Waals surface area contributed by atoms with Crippen LogP contribution in [-0.2, 0) is 9.53 Å². The zero-order valence-electron chi connectivity index (χ0n) is 17.6. The maximum absolute atomic E-state index is 12.0.